The van der Waals surface area contributed by atoms with Crippen LogP contribution in [0.2, 0.25) is 0 Å². The van der Waals surface area contributed by atoms with Crippen molar-refractivity contribution >= 4 is 31.8 Å². The van der Waals surface area contributed by atoms with Crippen molar-refractivity contribution in [3.8, 4) is 0 Å². The van der Waals surface area contributed by atoms with Crippen LogP contribution in [0.4, 0.5) is 0 Å². The zero-order valence-corrected chi connectivity index (χ0v) is 14.2. The molecule has 0 spiro atoms. The van der Waals surface area contributed by atoms with Crippen LogP contribution in [0.5, 0.6) is 0 Å². The fourth-order valence-corrected chi connectivity index (χ4v) is 2.69. The Hall–Kier alpha value is -1.00. The second-order valence-electron chi connectivity index (χ2n) is 4.69. The van der Waals surface area contributed by atoms with Crippen LogP contribution in [0, 0.1) is 0 Å². The van der Waals surface area contributed by atoms with Gasteiger partial charge in [-0.25, -0.2) is 0 Å². The van der Waals surface area contributed by atoms with Crippen molar-refractivity contribution in [2.75, 3.05) is 26.1 Å². The molecule has 0 bridgehead atoms. The highest BCUT2D eigenvalue weighted by molar-refractivity contribution is 7.85. The molecule has 4 atom stereocenters. The summed E-state index contributed by atoms with van der Waals surface area (Å²) in [4.78, 5) is 24.5. The minimum Gasteiger partial charge on any atom is -0.370 e. The third-order valence-corrected chi connectivity index (χ3v) is 3.84. The minimum atomic E-state index is -4.66. The summed E-state index contributed by atoms with van der Waals surface area (Å²) < 4.78 is 79.4. The van der Waals surface area contributed by atoms with Crippen LogP contribution in [-0.4, -0.2) is 88.0 Å². The van der Waals surface area contributed by atoms with E-state index >= 15 is 0 Å². The first-order chi connectivity index (χ1) is 10.9. The molecule has 14 heteroatoms. The maximum absolute atomic E-state index is 12.3. The molecule has 0 aromatic rings. The van der Waals surface area contributed by atoms with E-state index in [-0.39, 0.29) is 0 Å². The Morgan fingerprint density at radius 3 is 1.25 bits per heavy atom. The van der Waals surface area contributed by atoms with Gasteiger partial charge in [-0.15, -0.1) is 0 Å². The van der Waals surface area contributed by atoms with Gasteiger partial charge in [0.15, 0.2) is 47.9 Å². The molecular weight excluding hydrogens is 376 g/mol. The Labute approximate surface area is 137 Å². The van der Waals surface area contributed by atoms with E-state index in [1.807, 2.05) is 0 Å². The fourth-order valence-electron chi connectivity index (χ4n) is 2.06. The minimum absolute atomic E-state index is 0.965. The number of ether oxygens (including phenoxy) is 4. The number of carbonyl (C=O) groups is 2. The highest BCUT2D eigenvalue weighted by atomic mass is 32.2. The SMILES string of the molecule is COC1C(=O)C(OCS(=O)(=O)O)C(OCS(=O)(=O)O)C(=O)C1OC. The predicted molar refractivity (Wildman–Crippen MR) is 74.2 cm³/mol. The van der Waals surface area contributed by atoms with Gasteiger partial charge in [0.2, 0.25) is 0 Å². The summed E-state index contributed by atoms with van der Waals surface area (Å²) >= 11 is 0. The van der Waals surface area contributed by atoms with E-state index in [1.165, 1.54) is 0 Å². The second-order valence-corrected chi connectivity index (χ2v) is 7.49. The number of rotatable bonds is 8. The topological polar surface area (TPSA) is 180 Å². The van der Waals surface area contributed by atoms with E-state index < -0.39 is 68.1 Å². The van der Waals surface area contributed by atoms with Gasteiger partial charge in [0.1, 0.15) is 0 Å². The Bertz CT molecular complexity index is 621. The summed E-state index contributed by atoms with van der Waals surface area (Å²) in [7, 11) is -7.14. The van der Waals surface area contributed by atoms with Crippen molar-refractivity contribution in [1.29, 1.82) is 0 Å². The van der Waals surface area contributed by atoms with E-state index in [0.717, 1.165) is 14.2 Å². The van der Waals surface area contributed by atoms with Crippen molar-refractivity contribution in [2.24, 2.45) is 0 Å². The molecule has 140 valence electrons. The maximum Gasteiger partial charge on any atom is 0.289 e. The lowest BCUT2D eigenvalue weighted by Gasteiger charge is -2.36. The summed E-state index contributed by atoms with van der Waals surface area (Å²) in [5.41, 5.74) is 0. The maximum atomic E-state index is 12.3. The molecule has 1 fully saturated rings. The van der Waals surface area contributed by atoms with Crippen LogP contribution in [0.1, 0.15) is 0 Å². The van der Waals surface area contributed by atoms with Gasteiger partial charge in [-0.3, -0.25) is 18.7 Å². The molecule has 0 radical (unpaired) electrons. The number of ketones is 2. The predicted octanol–water partition coefficient (Wildman–Crippen LogP) is -2.37. The first-order valence-corrected chi connectivity index (χ1v) is 9.39. The lowest BCUT2D eigenvalue weighted by atomic mass is 9.87. The quantitative estimate of drug-likeness (QED) is 0.420. The monoisotopic (exact) mass is 392 g/mol. The van der Waals surface area contributed by atoms with Crippen LogP contribution >= 0.6 is 0 Å². The van der Waals surface area contributed by atoms with Gasteiger partial charge in [-0.05, 0) is 0 Å². The molecule has 12 nitrogen and oxygen atoms in total. The Kier molecular flexibility index (Phi) is 6.94. The van der Waals surface area contributed by atoms with Gasteiger partial charge in [-0.2, -0.15) is 16.8 Å². The average molecular weight is 392 g/mol. The summed E-state index contributed by atoms with van der Waals surface area (Å²) in [5, 5.41) is 0. The standard InChI is InChI=1S/C10H16O12S2/c1-19-7-5(11)9(21-3-23(13,14)15)10(6(12)8(7)20-2)22-4-24(16,17)18/h7-10H,3-4H2,1-2H3,(H,13,14,15)(H,16,17,18). The first kappa shape index (κ1) is 21.0. The zero-order chi connectivity index (χ0) is 18.7. The highest BCUT2D eigenvalue weighted by Gasteiger charge is 2.52. The molecule has 4 unspecified atom stereocenters. The van der Waals surface area contributed by atoms with E-state index in [0.29, 0.717) is 0 Å². The Morgan fingerprint density at radius 1 is 0.750 bits per heavy atom. The third kappa shape index (κ3) is 5.52. The van der Waals surface area contributed by atoms with Crippen LogP contribution in [0.25, 0.3) is 0 Å². The molecule has 0 aromatic heterocycles. The molecule has 1 saturated carbocycles. The van der Waals surface area contributed by atoms with Crippen molar-refractivity contribution in [2.45, 2.75) is 24.4 Å². The molecule has 0 saturated heterocycles. The molecule has 0 amide bonds. The smallest absolute Gasteiger partial charge is 0.289 e. The fraction of sp³-hybridized carbons (Fsp3) is 0.800. The van der Waals surface area contributed by atoms with Crippen molar-refractivity contribution in [1.82, 2.24) is 0 Å². The molecule has 0 aliphatic heterocycles. The number of hydrogen-bond donors (Lipinski definition) is 2. The highest BCUT2D eigenvalue weighted by Crippen LogP contribution is 2.24. The largest absolute Gasteiger partial charge is 0.370 e. The van der Waals surface area contributed by atoms with Crippen molar-refractivity contribution < 1.29 is 54.5 Å². The Balaban J connectivity index is 3.13. The molecule has 0 aromatic carbocycles. The van der Waals surface area contributed by atoms with Crippen LogP contribution in [-0.2, 0) is 48.8 Å². The van der Waals surface area contributed by atoms with Crippen LogP contribution < -0.4 is 0 Å². The van der Waals surface area contributed by atoms with Gasteiger partial charge >= 0.3 is 0 Å². The van der Waals surface area contributed by atoms with E-state index in [9.17, 15) is 26.4 Å². The Morgan fingerprint density at radius 2 is 1.04 bits per heavy atom. The van der Waals surface area contributed by atoms with Crippen molar-refractivity contribution in [3.05, 3.63) is 0 Å². The second kappa shape index (κ2) is 7.92. The van der Waals surface area contributed by atoms with Crippen LogP contribution in [0.15, 0.2) is 0 Å². The van der Waals surface area contributed by atoms with Gasteiger partial charge in [-0.1, -0.05) is 0 Å². The molecular formula is C10H16O12S2. The van der Waals surface area contributed by atoms with Crippen LogP contribution in [0.3, 0.4) is 0 Å². The molecule has 1 rings (SSSR count). The number of carbonyl (C=O) groups excluding carboxylic acids is 2. The molecule has 24 heavy (non-hydrogen) atoms. The van der Waals surface area contributed by atoms with Gasteiger partial charge in [0, 0.05) is 14.2 Å². The van der Waals surface area contributed by atoms with E-state index in [2.05, 4.69) is 9.47 Å². The van der Waals surface area contributed by atoms with E-state index in [4.69, 9.17) is 18.6 Å². The lowest BCUT2D eigenvalue weighted by Crippen LogP contribution is -2.62. The number of hydrogen-bond acceptors (Lipinski definition) is 10. The summed E-state index contributed by atoms with van der Waals surface area (Å²) in [5.74, 6) is -4.63. The summed E-state index contributed by atoms with van der Waals surface area (Å²) in [6.07, 6.45) is -6.70. The van der Waals surface area contributed by atoms with E-state index in [1.54, 1.807) is 0 Å². The molecule has 1 aliphatic rings. The van der Waals surface area contributed by atoms with Crippen molar-refractivity contribution in [3.63, 3.8) is 0 Å². The zero-order valence-electron chi connectivity index (χ0n) is 12.5. The average Bonchev–Trinajstić information content (AvgIpc) is 2.43. The molecule has 1 aliphatic carbocycles. The summed E-state index contributed by atoms with van der Waals surface area (Å²) in [6, 6.07) is 0. The van der Waals surface area contributed by atoms with Gasteiger partial charge in [0.05, 0.1) is 0 Å². The number of methoxy groups -OCH3 is 2. The first-order valence-electron chi connectivity index (χ1n) is 6.18. The molecule has 2 N–H and O–H groups in total. The van der Waals surface area contributed by atoms with Gasteiger partial charge in [0.25, 0.3) is 20.2 Å². The molecule has 0 heterocycles. The number of Topliss-reactive ketones (excluding diaryl/α,β-unsaturated/α-hetero) is 2. The van der Waals surface area contributed by atoms with Gasteiger partial charge < -0.3 is 18.9 Å². The third-order valence-electron chi connectivity index (χ3n) is 2.97. The summed E-state index contributed by atoms with van der Waals surface area (Å²) in [6.45, 7) is 0. The lowest BCUT2D eigenvalue weighted by molar-refractivity contribution is -0.182. The normalized spacial score (nSPS) is 29.0.